The van der Waals surface area contributed by atoms with Crippen molar-refractivity contribution in [2.45, 2.75) is 26.6 Å². The number of para-hydroxylation sites is 1. The first kappa shape index (κ1) is 23.3. The second kappa shape index (κ2) is 9.63. The molecule has 0 N–H and O–H groups in total. The first-order valence-electron chi connectivity index (χ1n) is 11.8. The van der Waals surface area contributed by atoms with Crippen LogP contribution in [0.4, 0.5) is 0 Å². The predicted molar refractivity (Wildman–Crippen MR) is 137 cm³/mol. The van der Waals surface area contributed by atoms with E-state index in [0.29, 0.717) is 60.9 Å². The molecule has 0 spiro atoms. The largest absolute Gasteiger partial charge is 0.497 e. The van der Waals surface area contributed by atoms with E-state index in [9.17, 15) is 9.59 Å². The number of amides is 1. The van der Waals surface area contributed by atoms with Crippen molar-refractivity contribution in [1.29, 1.82) is 0 Å². The number of nitrogens with zero attached hydrogens (tertiary/aromatic N) is 6. The SMILES string of the molecule is CCCn1c(=O)c2ccccc2n2c(=S)n(CN3CCN(C(=O)c4ccc(OC)cc4)CC3)nc12. The van der Waals surface area contributed by atoms with Crippen LogP contribution >= 0.6 is 12.2 Å². The van der Waals surface area contributed by atoms with Crippen molar-refractivity contribution in [2.24, 2.45) is 0 Å². The number of carbonyl (C=O) groups excluding carboxylic acids is 1. The number of aryl methyl sites for hydroxylation is 1. The topological polar surface area (TPSA) is 77.0 Å². The van der Waals surface area contributed by atoms with Gasteiger partial charge in [0, 0.05) is 38.3 Å². The Hall–Kier alpha value is -3.50. The van der Waals surface area contributed by atoms with Crippen molar-refractivity contribution in [3.05, 3.63) is 69.2 Å². The van der Waals surface area contributed by atoms with E-state index < -0.39 is 0 Å². The van der Waals surface area contributed by atoms with Gasteiger partial charge >= 0.3 is 0 Å². The van der Waals surface area contributed by atoms with Crippen LogP contribution in [-0.4, -0.2) is 67.7 Å². The van der Waals surface area contributed by atoms with Crippen molar-refractivity contribution < 1.29 is 9.53 Å². The molecule has 35 heavy (non-hydrogen) atoms. The van der Waals surface area contributed by atoms with Crippen molar-refractivity contribution in [2.75, 3.05) is 33.3 Å². The maximum absolute atomic E-state index is 13.1. The van der Waals surface area contributed by atoms with Crippen molar-refractivity contribution >= 4 is 34.8 Å². The van der Waals surface area contributed by atoms with E-state index in [1.54, 1.807) is 40.6 Å². The van der Waals surface area contributed by atoms with E-state index in [0.717, 1.165) is 17.7 Å². The van der Waals surface area contributed by atoms with Crippen molar-refractivity contribution in [1.82, 2.24) is 28.5 Å². The Kier molecular flexibility index (Phi) is 6.40. The lowest BCUT2D eigenvalue weighted by atomic mass is 10.1. The number of fused-ring (bicyclic) bond motifs is 3. The molecule has 0 radical (unpaired) electrons. The van der Waals surface area contributed by atoms with Gasteiger partial charge < -0.3 is 9.64 Å². The molecular formula is C25H28N6O3S. The third-order valence-corrected chi connectivity index (χ3v) is 6.86. The van der Waals surface area contributed by atoms with Gasteiger partial charge in [-0.1, -0.05) is 19.1 Å². The summed E-state index contributed by atoms with van der Waals surface area (Å²) in [4.78, 5) is 30.1. The average molecular weight is 493 g/mol. The fourth-order valence-electron chi connectivity index (χ4n) is 4.58. The highest BCUT2D eigenvalue weighted by atomic mass is 32.1. The van der Waals surface area contributed by atoms with Crippen LogP contribution in [0.15, 0.2) is 53.3 Å². The van der Waals surface area contributed by atoms with Gasteiger partial charge in [-0.15, -0.1) is 5.10 Å². The summed E-state index contributed by atoms with van der Waals surface area (Å²) in [6, 6.07) is 14.7. The van der Waals surface area contributed by atoms with Gasteiger partial charge in [-0.3, -0.25) is 23.5 Å². The first-order valence-corrected chi connectivity index (χ1v) is 12.2. The number of carbonyl (C=O) groups is 1. The zero-order chi connectivity index (χ0) is 24.5. The zero-order valence-electron chi connectivity index (χ0n) is 19.9. The quantitative estimate of drug-likeness (QED) is 0.385. The van der Waals surface area contributed by atoms with Gasteiger partial charge in [0.25, 0.3) is 11.5 Å². The third-order valence-electron chi connectivity index (χ3n) is 6.46. The van der Waals surface area contributed by atoms with Crippen LogP contribution < -0.4 is 10.3 Å². The van der Waals surface area contributed by atoms with Gasteiger partial charge in [0.15, 0.2) is 0 Å². The summed E-state index contributed by atoms with van der Waals surface area (Å²) in [5.74, 6) is 1.31. The Morgan fingerprint density at radius 2 is 1.77 bits per heavy atom. The molecule has 1 aliphatic heterocycles. The van der Waals surface area contributed by atoms with Crippen LogP contribution in [0.25, 0.3) is 16.7 Å². The number of hydrogen-bond donors (Lipinski definition) is 0. The summed E-state index contributed by atoms with van der Waals surface area (Å²) in [7, 11) is 1.61. The van der Waals surface area contributed by atoms with Crippen LogP contribution in [-0.2, 0) is 13.2 Å². The molecule has 0 saturated carbocycles. The molecule has 1 fully saturated rings. The lowest BCUT2D eigenvalue weighted by Crippen LogP contribution is -2.49. The number of piperazine rings is 1. The molecule has 1 amide bonds. The van der Waals surface area contributed by atoms with E-state index in [1.807, 2.05) is 40.5 Å². The van der Waals surface area contributed by atoms with Crippen LogP contribution in [0, 0.1) is 4.77 Å². The molecule has 1 saturated heterocycles. The fraction of sp³-hybridized carbons (Fsp3) is 0.360. The third kappa shape index (κ3) is 4.23. The predicted octanol–water partition coefficient (Wildman–Crippen LogP) is 3.01. The molecule has 0 aliphatic carbocycles. The molecular weight excluding hydrogens is 464 g/mol. The van der Waals surface area contributed by atoms with Gasteiger partial charge in [-0.25, -0.2) is 4.68 Å². The maximum atomic E-state index is 13.1. The van der Waals surface area contributed by atoms with Gasteiger partial charge in [-0.05, 0) is 55.0 Å². The maximum Gasteiger partial charge on any atom is 0.262 e. The summed E-state index contributed by atoms with van der Waals surface area (Å²) in [5, 5.41) is 5.39. The number of aromatic nitrogens is 4. The number of methoxy groups -OCH3 is 1. The summed E-state index contributed by atoms with van der Waals surface area (Å²) in [5.41, 5.74) is 1.38. The molecule has 4 aromatic rings. The van der Waals surface area contributed by atoms with Crippen LogP contribution in [0.3, 0.4) is 0 Å². The van der Waals surface area contributed by atoms with Crippen LogP contribution in [0.1, 0.15) is 23.7 Å². The smallest absolute Gasteiger partial charge is 0.262 e. The van der Waals surface area contributed by atoms with Crippen molar-refractivity contribution in [3.8, 4) is 5.75 Å². The van der Waals surface area contributed by atoms with E-state index in [1.165, 1.54) is 0 Å². The number of hydrogen-bond acceptors (Lipinski definition) is 6. The standard InChI is InChI=1S/C25H28N6O3S/c1-3-12-29-23(33)20-6-4-5-7-21(20)31-24(29)26-30(25(31)35)17-27-13-15-28(16-14-27)22(32)18-8-10-19(34-2)11-9-18/h4-11H,3,12-17H2,1-2H3. The number of ether oxygens (including phenoxy) is 1. The Bertz CT molecular complexity index is 1500. The van der Waals surface area contributed by atoms with Crippen molar-refractivity contribution in [3.63, 3.8) is 0 Å². The van der Waals surface area contributed by atoms with Crippen LogP contribution in [0.5, 0.6) is 5.75 Å². The molecule has 2 aromatic heterocycles. The van der Waals surface area contributed by atoms with Gasteiger partial charge in [0.1, 0.15) is 5.75 Å². The highest BCUT2D eigenvalue weighted by molar-refractivity contribution is 7.71. The second-order valence-corrected chi connectivity index (χ2v) is 9.04. The van der Waals surface area contributed by atoms with E-state index >= 15 is 0 Å². The van der Waals surface area contributed by atoms with E-state index in [-0.39, 0.29) is 11.5 Å². The van der Waals surface area contributed by atoms with Gasteiger partial charge in [0.2, 0.25) is 10.5 Å². The van der Waals surface area contributed by atoms with Gasteiger partial charge in [0.05, 0.1) is 24.7 Å². The minimum absolute atomic E-state index is 0.0201. The molecule has 5 rings (SSSR count). The molecule has 9 nitrogen and oxygen atoms in total. The molecule has 2 aromatic carbocycles. The van der Waals surface area contributed by atoms with Gasteiger partial charge in [-0.2, -0.15) is 0 Å². The minimum atomic E-state index is -0.0484. The molecule has 0 unspecified atom stereocenters. The molecule has 0 bridgehead atoms. The lowest BCUT2D eigenvalue weighted by Gasteiger charge is -2.34. The molecule has 10 heteroatoms. The van der Waals surface area contributed by atoms with Crippen LogP contribution in [0.2, 0.25) is 0 Å². The number of rotatable bonds is 6. The molecule has 0 atom stereocenters. The van der Waals surface area contributed by atoms with E-state index in [2.05, 4.69) is 4.90 Å². The Morgan fingerprint density at radius 1 is 1.06 bits per heavy atom. The van der Waals surface area contributed by atoms with E-state index in [4.69, 9.17) is 22.1 Å². The Balaban J connectivity index is 1.37. The summed E-state index contributed by atoms with van der Waals surface area (Å²) >= 11 is 5.81. The second-order valence-electron chi connectivity index (χ2n) is 8.67. The minimum Gasteiger partial charge on any atom is -0.497 e. The summed E-state index contributed by atoms with van der Waals surface area (Å²) < 4.78 is 11.1. The summed E-state index contributed by atoms with van der Waals surface area (Å²) in [6.07, 6.45) is 0.817. The normalized spacial score (nSPS) is 14.6. The number of benzene rings is 2. The molecule has 182 valence electrons. The first-order chi connectivity index (χ1) is 17.0. The highest BCUT2D eigenvalue weighted by Crippen LogP contribution is 2.17. The lowest BCUT2D eigenvalue weighted by molar-refractivity contribution is 0.0585. The highest BCUT2D eigenvalue weighted by Gasteiger charge is 2.23. The zero-order valence-corrected chi connectivity index (χ0v) is 20.7. The molecule has 1 aliphatic rings. The Labute approximate surface area is 207 Å². The average Bonchev–Trinajstić information content (AvgIpc) is 3.22. The fourth-order valence-corrected chi connectivity index (χ4v) is 4.86. The Morgan fingerprint density at radius 3 is 2.46 bits per heavy atom. The monoisotopic (exact) mass is 492 g/mol. The molecule has 3 heterocycles. The summed E-state index contributed by atoms with van der Waals surface area (Å²) in [6.45, 7) is 5.77.